The maximum Gasteiger partial charge on any atom is 0.125 e. The summed E-state index contributed by atoms with van der Waals surface area (Å²) in [5.74, 6) is -0.297. The number of benzene rings is 1. The molecule has 1 aromatic carbocycles. The second kappa shape index (κ2) is 3.24. The second-order valence-electron chi connectivity index (χ2n) is 2.58. The minimum atomic E-state index is -0.297. The number of pyridine rings is 1. The van der Waals surface area contributed by atoms with Crippen molar-refractivity contribution in [3.05, 3.63) is 39.7 Å². The zero-order valence-electron chi connectivity index (χ0n) is 6.39. The highest BCUT2D eigenvalue weighted by atomic mass is 79.9. The van der Waals surface area contributed by atoms with Gasteiger partial charge in [0.15, 0.2) is 0 Å². The van der Waals surface area contributed by atoms with E-state index < -0.39 is 0 Å². The summed E-state index contributed by atoms with van der Waals surface area (Å²) in [5, 5.41) is 1.34. The Morgan fingerprint density at radius 2 is 2.15 bits per heavy atom. The number of fused-ring (bicyclic) bond motifs is 1. The Labute approximate surface area is 87.7 Å². The van der Waals surface area contributed by atoms with Crippen molar-refractivity contribution in [1.82, 2.24) is 4.98 Å². The van der Waals surface area contributed by atoms with Crippen molar-refractivity contribution in [2.24, 2.45) is 0 Å². The van der Waals surface area contributed by atoms with Gasteiger partial charge in [-0.25, -0.2) is 4.39 Å². The fourth-order valence-electron chi connectivity index (χ4n) is 1.11. The summed E-state index contributed by atoms with van der Waals surface area (Å²) in [6.45, 7) is 0. The van der Waals surface area contributed by atoms with Crippen molar-refractivity contribution >= 4 is 38.4 Å². The first kappa shape index (κ1) is 8.91. The van der Waals surface area contributed by atoms with E-state index in [1.807, 2.05) is 0 Å². The van der Waals surface area contributed by atoms with Crippen LogP contribution in [0.25, 0.3) is 10.9 Å². The molecule has 1 heterocycles. The van der Waals surface area contributed by atoms with Gasteiger partial charge in [-0.3, -0.25) is 4.98 Å². The fourth-order valence-corrected chi connectivity index (χ4v) is 1.70. The Bertz CT molecular complexity index is 472. The van der Waals surface area contributed by atoms with E-state index in [0.29, 0.717) is 10.5 Å². The van der Waals surface area contributed by atoms with E-state index in [9.17, 15) is 4.39 Å². The van der Waals surface area contributed by atoms with E-state index in [0.717, 1.165) is 9.86 Å². The van der Waals surface area contributed by atoms with Gasteiger partial charge in [-0.05, 0) is 28.1 Å². The molecule has 2 rings (SSSR count). The van der Waals surface area contributed by atoms with Crippen molar-refractivity contribution in [3.8, 4) is 0 Å². The Morgan fingerprint density at radius 3 is 2.92 bits per heavy atom. The smallest absolute Gasteiger partial charge is 0.125 e. The van der Waals surface area contributed by atoms with Crippen molar-refractivity contribution in [2.45, 2.75) is 0 Å². The molecule has 0 N–H and O–H groups in total. The van der Waals surface area contributed by atoms with Crippen LogP contribution in [0.5, 0.6) is 0 Å². The normalized spacial score (nSPS) is 10.7. The number of aromatic nitrogens is 1. The van der Waals surface area contributed by atoms with Crippen LogP contribution in [0.1, 0.15) is 0 Å². The van der Waals surface area contributed by atoms with E-state index in [-0.39, 0.29) is 5.82 Å². The van der Waals surface area contributed by atoms with Crippen LogP contribution in [0, 0.1) is 5.82 Å². The number of hydrogen-bond acceptors (Lipinski definition) is 1. The first-order chi connectivity index (χ1) is 6.18. The molecule has 13 heavy (non-hydrogen) atoms. The van der Waals surface area contributed by atoms with Gasteiger partial charge < -0.3 is 0 Å². The molecule has 0 atom stereocenters. The maximum atomic E-state index is 12.8. The van der Waals surface area contributed by atoms with Crippen molar-refractivity contribution < 1.29 is 4.39 Å². The molecule has 1 nitrogen and oxygen atoms in total. The summed E-state index contributed by atoms with van der Waals surface area (Å²) in [6.07, 6.45) is 1.49. The van der Waals surface area contributed by atoms with Crippen LogP contribution in [-0.2, 0) is 0 Å². The van der Waals surface area contributed by atoms with Gasteiger partial charge in [-0.15, -0.1) is 0 Å². The van der Waals surface area contributed by atoms with Gasteiger partial charge in [-0.1, -0.05) is 11.6 Å². The number of hydrogen-bond donors (Lipinski definition) is 0. The van der Waals surface area contributed by atoms with Crippen LogP contribution in [0.3, 0.4) is 0 Å². The standard InChI is InChI=1S/C9H4BrClFN/c10-9-6-2-1-5(12)3-8(6)13-4-7(9)11/h1-4H. The van der Waals surface area contributed by atoms with E-state index in [2.05, 4.69) is 20.9 Å². The Hall–Kier alpha value is -0.670. The molecule has 0 amide bonds. The molecule has 2 aromatic rings. The van der Waals surface area contributed by atoms with E-state index in [4.69, 9.17) is 11.6 Å². The first-order valence-electron chi connectivity index (χ1n) is 3.58. The first-order valence-corrected chi connectivity index (χ1v) is 4.75. The molecule has 66 valence electrons. The quantitative estimate of drug-likeness (QED) is 0.702. The Morgan fingerprint density at radius 1 is 1.38 bits per heavy atom. The predicted octanol–water partition coefficient (Wildman–Crippen LogP) is 3.79. The van der Waals surface area contributed by atoms with Crippen LogP contribution in [0.2, 0.25) is 5.02 Å². The van der Waals surface area contributed by atoms with Crippen LogP contribution in [0.4, 0.5) is 4.39 Å². The van der Waals surface area contributed by atoms with Gasteiger partial charge in [-0.2, -0.15) is 0 Å². The molecule has 0 aliphatic rings. The van der Waals surface area contributed by atoms with Gasteiger partial charge in [0.1, 0.15) is 5.82 Å². The second-order valence-corrected chi connectivity index (χ2v) is 3.78. The predicted molar refractivity (Wildman–Crippen MR) is 54.4 cm³/mol. The molecular weight excluding hydrogens is 256 g/mol. The molecule has 0 saturated carbocycles. The van der Waals surface area contributed by atoms with Gasteiger partial charge in [0, 0.05) is 22.1 Å². The number of nitrogens with zero attached hydrogens (tertiary/aromatic N) is 1. The van der Waals surface area contributed by atoms with Crippen molar-refractivity contribution in [1.29, 1.82) is 0 Å². The van der Waals surface area contributed by atoms with E-state index in [1.165, 1.54) is 18.3 Å². The van der Waals surface area contributed by atoms with Crippen LogP contribution < -0.4 is 0 Å². The lowest BCUT2D eigenvalue weighted by Crippen LogP contribution is -1.82. The van der Waals surface area contributed by atoms with Crippen LogP contribution >= 0.6 is 27.5 Å². The van der Waals surface area contributed by atoms with Crippen molar-refractivity contribution in [3.63, 3.8) is 0 Å². The molecule has 0 aliphatic carbocycles. The molecule has 0 bridgehead atoms. The zero-order valence-corrected chi connectivity index (χ0v) is 8.73. The largest absolute Gasteiger partial charge is 0.255 e. The molecule has 4 heteroatoms. The minimum Gasteiger partial charge on any atom is -0.255 e. The Kier molecular flexibility index (Phi) is 2.22. The highest BCUT2D eigenvalue weighted by molar-refractivity contribution is 9.10. The lowest BCUT2D eigenvalue weighted by molar-refractivity contribution is 0.629. The Balaban J connectivity index is 2.87. The molecule has 0 radical (unpaired) electrons. The summed E-state index contributed by atoms with van der Waals surface area (Å²) in [6, 6.07) is 4.40. The van der Waals surface area contributed by atoms with Gasteiger partial charge in [0.2, 0.25) is 0 Å². The van der Waals surface area contributed by atoms with Gasteiger partial charge in [0.05, 0.1) is 10.5 Å². The number of halogens is 3. The monoisotopic (exact) mass is 259 g/mol. The molecular formula is C9H4BrClFN. The minimum absolute atomic E-state index is 0.297. The average Bonchev–Trinajstić information content (AvgIpc) is 2.12. The summed E-state index contributed by atoms with van der Waals surface area (Å²) in [7, 11) is 0. The third-order valence-electron chi connectivity index (χ3n) is 1.72. The topological polar surface area (TPSA) is 12.9 Å². The molecule has 0 fully saturated rings. The summed E-state index contributed by atoms with van der Waals surface area (Å²) >= 11 is 9.14. The molecule has 0 unspecified atom stereocenters. The molecule has 0 spiro atoms. The lowest BCUT2D eigenvalue weighted by Gasteiger charge is -2.01. The highest BCUT2D eigenvalue weighted by Gasteiger charge is 2.04. The average molecular weight is 260 g/mol. The SMILES string of the molecule is Fc1ccc2c(Br)c(Cl)cnc2c1. The fraction of sp³-hybridized carbons (Fsp3) is 0. The molecule has 0 aliphatic heterocycles. The summed E-state index contributed by atoms with van der Waals surface area (Å²) < 4.78 is 13.5. The third-order valence-corrected chi connectivity index (χ3v) is 3.09. The third kappa shape index (κ3) is 1.54. The maximum absolute atomic E-state index is 12.8. The highest BCUT2D eigenvalue weighted by Crippen LogP contribution is 2.29. The van der Waals surface area contributed by atoms with Gasteiger partial charge >= 0.3 is 0 Å². The summed E-state index contributed by atoms with van der Waals surface area (Å²) in [5.41, 5.74) is 0.594. The van der Waals surface area contributed by atoms with Gasteiger partial charge in [0.25, 0.3) is 0 Å². The van der Waals surface area contributed by atoms with Crippen LogP contribution in [0.15, 0.2) is 28.9 Å². The van der Waals surface area contributed by atoms with Crippen molar-refractivity contribution in [2.75, 3.05) is 0 Å². The molecule has 1 aromatic heterocycles. The zero-order chi connectivity index (χ0) is 9.42. The van der Waals surface area contributed by atoms with E-state index >= 15 is 0 Å². The lowest BCUT2D eigenvalue weighted by atomic mass is 10.2. The molecule has 0 saturated heterocycles. The van der Waals surface area contributed by atoms with Crippen LogP contribution in [-0.4, -0.2) is 4.98 Å². The summed E-state index contributed by atoms with van der Waals surface area (Å²) in [4.78, 5) is 4.00. The van der Waals surface area contributed by atoms with E-state index in [1.54, 1.807) is 6.07 Å². The number of rotatable bonds is 0.